The summed E-state index contributed by atoms with van der Waals surface area (Å²) >= 11 is 0. The topological polar surface area (TPSA) is 80.2 Å². The van der Waals surface area contributed by atoms with E-state index in [2.05, 4.69) is 16.6 Å². The summed E-state index contributed by atoms with van der Waals surface area (Å²) in [5.74, 6) is -0.869. The Morgan fingerprint density at radius 1 is 1.13 bits per heavy atom. The van der Waals surface area contributed by atoms with Crippen molar-refractivity contribution in [2.45, 2.75) is 19.6 Å². The van der Waals surface area contributed by atoms with Crippen LogP contribution >= 0.6 is 0 Å². The molecule has 31 heavy (non-hydrogen) atoms. The number of carbonyl (C=O) groups is 1. The molecule has 0 saturated heterocycles. The van der Waals surface area contributed by atoms with E-state index in [-0.39, 0.29) is 24.0 Å². The van der Waals surface area contributed by atoms with Crippen molar-refractivity contribution < 1.29 is 17.6 Å². The molecule has 3 aromatic rings. The van der Waals surface area contributed by atoms with Gasteiger partial charge in [0.1, 0.15) is 5.82 Å². The van der Waals surface area contributed by atoms with Gasteiger partial charge in [0.25, 0.3) is 5.91 Å². The van der Waals surface area contributed by atoms with Crippen molar-refractivity contribution in [1.29, 1.82) is 0 Å². The van der Waals surface area contributed by atoms with Crippen LogP contribution in [0.2, 0.25) is 0 Å². The molecule has 0 aliphatic rings. The minimum Gasteiger partial charge on any atom is -0.322 e. The van der Waals surface area contributed by atoms with Gasteiger partial charge in [-0.2, -0.15) is 0 Å². The maximum Gasteiger partial charge on any atom is 0.257 e. The molecule has 0 radical (unpaired) electrons. The molecule has 162 valence electrons. The van der Waals surface area contributed by atoms with Crippen LogP contribution in [0.3, 0.4) is 0 Å². The largest absolute Gasteiger partial charge is 0.322 e. The molecule has 0 atom stereocenters. The summed E-state index contributed by atoms with van der Waals surface area (Å²) in [6.07, 6.45) is 1.47. The Morgan fingerprint density at radius 3 is 2.45 bits per heavy atom. The molecule has 1 heterocycles. The standard InChI is InChI=1S/C23H24FN3O3S/c1-4-13-25-31(29,30)15-18-9-11-19(12-10-18)26-23(28)20-14-16(2)27(17(20)3)22-8-6-5-7-21(22)24/h4-12,14,25H,1,13,15H2,2-3H3,(H,26,28). The fourth-order valence-electron chi connectivity index (χ4n) is 3.34. The highest BCUT2D eigenvalue weighted by atomic mass is 32.2. The first-order valence-corrected chi connectivity index (χ1v) is 11.3. The van der Waals surface area contributed by atoms with Crippen LogP contribution in [0.25, 0.3) is 5.69 Å². The molecule has 6 nitrogen and oxygen atoms in total. The number of aryl methyl sites for hydroxylation is 1. The summed E-state index contributed by atoms with van der Waals surface area (Å²) in [6, 6.07) is 14.7. The van der Waals surface area contributed by atoms with Gasteiger partial charge in [0.15, 0.2) is 0 Å². The number of carbonyl (C=O) groups excluding carboxylic acids is 1. The van der Waals surface area contributed by atoms with Gasteiger partial charge < -0.3 is 9.88 Å². The molecular formula is C23H24FN3O3S. The fourth-order valence-corrected chi connectivity index (χ4v) is 4.44. The first kappa shape index (κ1) is 22.5. The Morgan fingerprint density at radius 2 is 1.81 bits per heavy atom. The van der Waals surface area contributed by atoms with E-state index in [4.69, 9.17) is 0 Å². The molecule has 0 aliphatic heterocycles. The molecule has 0 saturated carbocycles. The second kappa shape index (κ2) is 9.28. The van der Waals surface area contributed by atoms with Gasteiger partial charge >= 0.3 is 0 Å². The second-order valence-electron chi connectivity index (χ2n) is 7.12. The molecule has 0 unspecified atom stereocenters. The molecule has 2 N–H and O–H groups in total. The summed E-state index contributed by atoms with van der Waals surface area (Å²) in [7, 11) is -3.46. The zero-order valence-electron chi connectivity index (χ0n) is 17.4. The molecule has 0 bridgehead atoms. The number of benzene rings is 2. The smallest absolute Gasteiger partial charge is 0.257 e. The lowest BCUT2D eigenvalue weighted by molar-refractivity contribution is 0.102. The van der Waals surface area contributed by atoms with Gasteiger partial charge in [-0.05, 0) is 49.7 Å². The minimum atomic E-state index is -3.46. The molecule has 3 rings (SSSR count). The van der Waals surface area contributed by atoms with Gasteiger partial charge in [0.05, 0.1) is 17.0 Å². The van der Waals surface area contributed by atoms with Crippen molar-refractivity contribution in [3.05, 3.63) is 95.6 Å². The van der Waals surface area contributed by atoms with E-state index in [0.717, 1.165) is 5.69 Å². The Hall–Kier alpha value is -3.23. The van der Waals surface area contributed by atoms with E-state index in [1.54, 1.807) is 60.0 Å². The minimum absolute atomic E-state index is 0.168. The maximum absolute atomic E-state index is 14.2. The third-order valence-corrected chi connectivity index (χ3v) is 6.11. The highest BCUT2D eigenvalue weighted by molar-refractivity contribution is 7.88. The van der Waals surface area contributed by atoms with Crippen molar-refractivity contribution in [3.63, 3.8) is 0 Å². The van der Waals surface area contributed by atoms with Gasteiger partial charge in [0, 0.05) is 23.6 Å². The molecule has 2 aromatic carbocycles. The van der Waals surface area contributed by atoms with Crippen LogP contribution in [-0.2, 0) is 15.8 Å². The SMILES string of the molecule is C=CCNS(=O)(=O)Cc1ccc(NC(=O)c2cc(C)n(-c3ccccc3F)c2C)cc1. The summed E-state index contributed by atoms with van der Waals surface area (Å²) < 4.78 is 42.3. The number of anilines is 1. The Bertz CT molecular complexity index is 1220. The summed E-state index contributed by atoms with van der Waals surface area (Å²) in [5, 5.41) is 2.81. The van der Waals surface area contributed by atoms with Crippen LogP contribution in [0.1, 0.15) is 27.3 Å². The van der Waals surface area contributed by atoms with Crippen molar-refractivity contribution in [2.24, 2.45) is 0 Å². The van der Waals surface area contributed by atoms with Crippen LogP contribution in [-0.4, -0.2) is 25.4 Å². The maximum atomic E-state index is 14.2. The Kier molecular flexibility index (Phi) is 6.72. The number of hydrogen-bond donors (Lipinski definition) is 2. The number of amides is 1. The number of sulfonamides is 1. The number of hydrogen-bond acceptors (Lipinski definition) is 3. The summed E-state index contributed by atoms with van der Waals surface area (Å²) in [4.78, 5) is 12.8. The van der Waals surface area contributed by atoms with E-state index in [9.17, 15) is 17.6 Å². The van der Waals surface area contributed by atoms with E-state index < -0.39 is 10.0 Å². The Balaban J connectivity index is 1.76. The first-order valence-electron chi connectivity index (χ1n) is 9.64. The zero-order valence-corrected chi connectivity index (χ0v) is 18.2. The normalized spacial score (nSPS) is 11.3. The number of para-hydroxylation sites is 1. The monoisotopic (exact) mass is 441 g/mol. The van der Waals surface area contributed by atoms with Gasteiger partial charge in [-0.1, -0.05) is 30.3 Å². The van der Waals surface area contributed by atoms with E-state index in [0.29, 0.717) is 28.2 Å². The lowest BCUT2D eigenvalue weighted by Gasteiger charge is -2.11. The predicted molar refractivity (Wildman–Crippen MR) is 120 cm³/mol. The van der Waals surface area contributed by atoms with E-state index >= 15 is 0 Å². The van der Waals surface area contributed by atoms with Gasteiger partial charge in [-0.25, -0.2) is 17.5 Å². The third-order valence-electron chi connectivity index (χ3n) is 4.79. The quantitative estimate of drug-likeness (QED) is 0.517. The number of halogens is 1. The van der Waals surface area contributed by atoms with Gasteiger partial charge in [-0.3, -0.25) is 4.79 Å². The molecule has 0 spiro atoms. The van der Waals surface area contributed by atoms with Gasteiger partial charge in [-0.15, -0.1) is 6.58 Å². The molecule has 0 fully saturated rings. The van der Waals surface area contributed by atoms with Crippen molar-refractivity contribution in [3.8, 4) is 5.69 Å². The average molecular weight is 442 g/mol. The zero-order chi connectivity index (χ0) is 22.6. The van der Waals surface area contributed by atoms with Gasteiger partial charge in [0.2, 0.25) is 10.0 Å². The van der Waals surface area contributed by atoms with Crippen LogP contribution in [0.15, 0.2) is 67.3 Å². The highest BCUT2D eigenvalue weighted by Crippen LogP contribution is 2.24. The summed E-state index contributed by atoms with van der Waals surface area (Å²) in [5.41, 5.74) is 3.29. The fraction of sp³-hybridized carbons (Fsp3) is 0.174. The number of nitrogens with zero attached hydrogens (tertiary/aromatic N) is 1. The third kappa shape index (κ3) is 5.28. The molecule has 0 aliphatic carbocycles. The van der Waals surface area contributed by atoms with E-state index in [1.165, 1.54) is 12.1 Å². The first-order chi connectivity index (χ1) is 14.7. The molecule has 1 amide bonds. The lowest BCUT2D eigenvalue weighted by Crippen LogP contribution is -2.25. The van der Waals surface area contributed by atoms with Crippen LogP contribution in [0.4, 0.5) is 10.1 Å². The average Bonchev–Trinajstić information content (AvgIpc) is 3.02. The second-order valence-corrected chi connectivity index (χ2v) is 8.93. The van der Waals surface area contributed by atoms with Crippen molar-refractivity contribution in [1.82, 2.24) is 9.29 Å². The molecule has 8 heteroatoms. The lowest BCUT2D eigenvalue weighted by atomic mass is 10.2. The Labute approximate surface area is 181 Å². The van der Waals surface area contributed by atoms with E-state index in [1.807, 2.05) is 6.92 Å². The predicted octanol–water partition coefficient (Wildman–Crippen LogP) is 4.09. The number of aromatic nitrogens is 1. The van der Waals surface area contributed by atoms with Crippen LogP contribution in [0.5, 0.6) is 0 Å². The van der Waals surface area contributed by atoms with Crippen molar-refractivity contribution >= 4 is 21.6 Å². The number of nitrogens with one attached hydrogen (secondary N) is 2. The highest BCUT2D eigenvalue weighted by Gasteiger charge is 2.18. The van der Waals surface area contributed by atoms with Crippen molar-refractivity contribution in [2.75, 3.05) is 11.9 Å². The van der Waals surface area contributed by atoms with Crippen LogP contribution in [0, 0.1) is 19.7 Å². The number of rotatable bonds is 8. The molecular weight excluding hydrogens is 417 g/mol. The molecule has 1 aromatic heterocycles. The van der Waals surface area contributed by atoms with Crippen LogP contribution < -0.4 is 10.0 Å². The summed E-state index contributed by atoms with van der Waals surface area (Å²) in [6.45, 7) is 7.22.